The molecule has 1 aliphatic heterocycles. The molecule has 0 aromatic rings. The highest BCUT2D eigenvalue weighted by Crippen LogP contribution is 2.49. The summed E-state index contributed by atoms with van der Waals surface area (Å²) in [4.78, 5) is 2.71. The van der Waals surface area contributed by atoms with Crippen LogP contribution in [0.15, 0.2) is 4.99 Å². The highest BCUT2D eigenvalue weighted by atomic mass is 32.2. The number of hydrogen-bond donors (Lipinski definition) is 4. The fourth-order valence-electron chi connectivity index (χ4n) is 2.34. The molecule has 3 atom stereocenters. The van der Waals surface area contributed by atoms with Crippen LogP contribution in [0.2, 0.25) is 0 Å². The van der Waals surface area contributed by atoms with E-state index in [1.165, 1.54) is 0 Å². The number of amidine groups is 1. The van der Waals surface area contributed by atoms with Crippen molar-refractivity contribution in [1.82, 2.24) is 5.32 Å². The standard InChI is InChI=1S/C10H19N3O2S/c1-2-5-12-7-3-4-9(14)10(15,6-7)16-8(11)13-9/h7,12,14-15H,2-6H2,1H3,(H2,11,13). The summed E-state index contributed by atoms with van der Waals surface area (Å²) in [6.45, 7) is 3.03. The number of thioether (sulfide) groups is 1. The van der Waals surface area contributed by atoms with Gasteiger partial charge in [-0.2, -0.15) is 0 Å². The molecule has 0 spiro atoms. The zero-order chi connectivity index (χ0) is 11.8. The van der Waals surface area contributed by atoms with Crippen molar-refractivity contribution in [2.24, 2.45) is 10.7 Å². The fourth-order valence-corrected chi connectivity index (χ4v) is 3.48. The molecule has 0 bridgehead atoms. The molecule has 1 fully saturated rings. The number of nitrogens with two attached hydrogens (primary N) is 1. The lowest BCUT2D eigenvalue weighted by atomic mass is 9.85. The molecule has 0 radical (unpaired) electrons. The zero-order valence-electron chi connectivity index (χ0n) is 9.44. The molecule has 5 nitrogen and oxygen atoms in total. The molecule has 0 aromatic carbocycles. The average Bonchev–Trinajstić information content (AvgIpc) is 2.43. The van der Waals surface area contributed by atoms with Gasteiger partial charge >= 0.3 is 0 Å². The van der Waals surface area contributed by atoms with Gasteiger partial charge in [-0.3, -0.25) is 0 Å². The molecule has 1 aliphatic carbocycles. The monoisotopic (exact) mass is 245 g/mol. The van der Waals surface area contributed by atoms with Crippen LogP contribution in [0.1, 0.15) is 32.6 Å². The van der Waals surface area contributed by atoms with Gasteiger partial charge in [0.05, 0.1) is 0 Å². The van der Waals surface area contributed by atoms with Gasteiger partial charge in [-0.05, 0) is 31.1 Å². The Morgan fingerprint density at radius 3 is 3.06 bits per heavy atom. The van der Waals surface area contributed by atoms with E-state index in [1.807, 2.05) is 0 Å². The van der Waals surface area contributed by atoms with E-state index >= 15 is 0 Å². The highest BCUT2D eigenvalue weighted by Gasteiger charge is 2.58. The molecule has 0 aromatic heterocycles. The third-order valence-corrected chi connectivity index (χ3v) is 4.37. The molecule has 2 rings (SSSR count). The second kappa shape index (κ2) is 4.18. The number of nitrogens with zero attached hydrogens (tertiary/aromatic N) is 1. The quantitative estimate of drug-likeness (QED) is 0.561. The Balaban J connectivity index is 2.04. The Morgan fingerprint density at radius 2 is 2.38 bits per heavy atom. The minimum Gasteiger partial charge on any atom is -0.378 e. The summed E-state index contributed by atoms with van der Waals surface area (Å²) in [5, 5.41) is 24.3. The van der Waals surface area contributed by atoms with Crippen LogP contribution in [0.4, 0.5) is 0 Å². The number of nitrogens with one attached hydrogen (secondary N) is 1. The zero-order valence-corrected chi connectivity index (χ0v) is 10.3. The summed E-state index contributed by atoms with van der Waals surface area (Å²) in [6.07, 6.45) is 2.82. The summed E-state index contributed by atoms with van der Waals surface area (Å²) in [6, 6.07) is 0.235. The molecular weight excluding hydrogens is 226 g/mol. The van der Waals surface area contributed by atoms with Crippen LogP contribution in [0.3, 0.4) is 0 Å². The number of fused-ring (bicyclic) bond motifs is 1. The van der Waals surface area contributed by atoms with E-state index in [9.17, 15) is 10.2 Å². The summed E-state index contributed by atoms with van der Waals surface area (Å²) >= 11 is 1.08. The van der Waals surface area contributed by atoms with Gasteiger partial charge in [0.1, 0.15) is 0 Å². The molecule has 5 N–H and O–H groups in total. The fraction of sp³-hybridized carbons (Fsp3) is 0.900. The molecule has 0 amide bonds. The summed E-state index contributed by atoms with van der Waals surface area (Å²) in [5.41, 5.74) is 4.20. The largest absolute Gasteiger partial charge is 0.378 e. The van der Waals surface area contributed by atoms with Crippen LogP contribution >= 0.6 is 11.8 Å². The first-order chi connectivity index (χ1) is 7.49. The van der Waals surface area contributed by atoms with Gasteiger partial charge in [-0.15, -0.1) is 0 Å². The molecule has 92 valence electrons. The van der Waals surface area contributed by atoms with Crippen molar-refractivity contribution in [2.45, 2.75) is 49.3 Å². The molecule has 16 heavy (non-hydrogen) atoms. The second-order valence-electron chi connectivity index (χ2n) is 4.55. The van der Waals surface area contributed by atoms with Gasteiger partial charge in [0.25, 0.3) is 0 Å². The predicted octanol–water partition coefficient (Wildman–Crippen LogP) is -0.0228. The first kappa shape index (κ1) is 12.2. The Kier molecular flexibility index (Phi) is 3.18. The van der Waals surface area contributed by atoms with Gasteiger partial charge in [-0.25, -0.2) is 4.99 Å². The number of aliphatic imine (C=N–C) groups is 1. The highest BCUT2D eigenvalue weighted by molar-refractivity contribution is 8.15. The molecule has 2 aliphatic rings. The average molecular weight is 245 g/mol. The predicted molar refractivity (Wildman–Crippen MR) is 65.0 cm³/mol. The second-order valence-corrected chi connectivity index (χ2v) is 5.84. The van der Waals surface area contributed by atoms with Crippen molar-refractivity contribution < 1.29 is 10.2 Å². The maximum absolute atomic E-state index is 10.4. The summed E-state index contributed by atoms with van der Waals surface area (Å²) in [5.74, 6) is 0. The lowest BCUT2D eigenvalue weighted by molar-refractivity contribution is -0.117. The van der Waals surface area contributed by atoms with Crippen molar-refractivity contribution in [3.63, 3.8) is 0 Å². The summed E-state index contributed by atoms with van der Waals surface area (Å²) in [7, 11) is 0. The smallest absolute Gasteiger partial charge is 0.197 e. The minimum atomic E-state index is -1.38. The first-order valence-electron chi connectivity index (χ1n) is 5.71. The van der Waals surface area contributed by atoms with E-state index in [4.69, 9.17) is 5.73 Å². The Morgan fingerprint density at radius 1 is 1.62 bits per heavy atom. The van der Waals surface area contributed by atoms with Crippen LogP contribution in [0.5, 0.6) is 0 Å². The van der Waals surface area contributed by atoms with Gasteiger partial charge in [0.2, 0.25) is 0 Å². The van der Waals surface area contributed by atoms with E-state index in [-0.39, 0.29) is 11.2 Å². The topological polar surface area (TPSA) is 90.9 Å². The van der Waals surface area contributed by atoms with Gasteiger partial charge in [0, 0.05) is 18.9 Å². The van der Waals surface area contributed by atoms with Crippen LogP contribution in [-0.4, -0.2) is 38.6 Å². The molecule has 3 unspecified atom stereocenters. The van der Waals surface area contributed by atoms with E-state index in [0.717, 1.165) is 31.1 Å². The molecular formula is C10H19N3O2S. The third-order valence-electron chi connectivity index (χ3n) is 3.24. The van der Waals surface area contributed by atoms with E-state index in [2.05, 4.69) is 17.2 Å². The molecule has 1 heterocycles. The van der Waals surface area contributed by atoms with E-state index in [0.29, 0.717) is 12.8 Å². The van der Waals surface area contributed by atoms with Crippen LogP contribution < -0.4 is 11.1 Å². The lowest BCUT2D eigenvalue weighted by Gasteiger charge is -2.42. The lowest BCUT2D eigenvalue weighted by Crippen LogP contribution is -2.56. The van der Waals surface area contributed by atoms with Crippen molar-refractivity contribution in [3.05, 3.63) is 0 Å². The van der Waals surface area contributed by atoms with Crippen LogP contribution in [0.25, 0.3) is 0 Å². The van der Waals surface area contributed by atoms with Crippen molar-refractivity contribution in [1.29, 1.82) is 0 Å². The Bertz CT molecular complexity index is 312. The Labute approximate surface area is 99.5 Å². The molecule has 6 heteroatoms. The van der Waals surface area contributed by atoms with Crippen molar-refractivity contribution >= 4 is 16.9 Å². The van der Waals surface area contributed by atoms with Crippen LogP contribution in [-0.2, 0) is 0 Å². The van der Waals surface area contributed by atoms with E-state index in [1.54, 1.807) is 0 Å². The maximum Gasteiger partial charge on any atom is 0.197 e. The number of hydrogen-bond acceptors (Lipinski definition) is 6. The number of rotatable bonds is 3. The molecule has 0 saturated heterocycles. The normalized spacial score (nSPS) is 42.9. The van der Waals surface area contributed by atoms with E-state index < -0.39 is 10.7 Å². The first-order valence-corrected chi connectivity index (χ1v) is 6.53. The van der Waals surface area contributed by atoms with Crippen molar-refractivity contribution in [2.75, 3.05) is 6.54 Å². The van der Waals surface area contributed by atoms with Crippen LogP contribution in [0, 0.1) is 0 Å². The summed E-state index contributed by atoms with van der Waals surface area (Å²) < 4.78 is 0. The maximum atomic E-state index is 10.4. The third kappa shape index (κ3) is 1.95. The molecule has 1 saturated carbocycles. The van der Waals surface area contributed by atoms with Gasteiger partial charge < -0.3 is 21.3 Å². The van der Waals surface area contributed by atoms with Gasteiger partial charge in [0.15, 0.2) is 15.8 Å². The number of aliphatic hydroxyl groups is 2. The van der Waals surface area contributed by atoms with Crippen molar-refractivity contribution in [3.8, 4) is 0 Å². The SMILES string of the molecule is CCCNC1CCC2(O)N=C(N)SC2(O)C1. The van der Waals surface area contributed by atoms with Gasteiger partial charge in [-0.1, -0.05) is 6.92 Å². The Hall–Kier alpha value is -0.300. The minimum absolute atomic E-state index is 0.235.